The molecule has 0 aliphatic carbocycles. The summed E-state index contributed by atoms with van der Waals surface area (Å²) in [4.78, 5) is 16.0. The molecule has 0 radical (unpaired) electrons. The third-order valence-corrected chi connectivity index (χ3v) is 3.43. The number of carbonyl (C=O) groups is 1. The molecule has 0 unspecified atom stereocenters. The average molecular weight is 307 g/mol. The van der Waals surface area contributed by atoms with Crippen LogP contribution in [0.3, 0.4) is 0 Å². The number of carbonyl (C=O) groups excluding carboxylic acids is 1. The standard InChI is InChI=1S/C18H17N3O2/c1-13-20-18(23-21-13)12-19-17(22)11-14-7-9-16(10-8-14)15-5-3-2-4-6-15/h2-10H,11-12H2,1H3,(H,19,22). The lowest BCUT2D eigenvalue weighted by molar-refractivity contribution is -0.120. The van der Waals surface area contributed by atoms with Gasteiger partial charge in [-0.1, -0.05) is 59.8 Å². The zero-order valence-electron chi connectivity index (χ0n) is 12.8. The normalized spacial score (nSPS) is 10.5. The minimum absolute atomic E-state index is 0.0756. The van der Waals surface area contributed by atoms with Gasteiger partial charge in [-0.25, -0.2) is 0 Å². The average Bonchev–Trinajstić information content (AvgIpc) is 3.00. The Bertz CT molecular complexity index is 780. The van der Waals surface area contributed by atoms with Crippen LogP contribution in [0.2, 0.25) is 0 Å². The molecule has 0 spiro atoms. The van der Waals surface area contributed by atoms with Gasteiger partial charge in [0.25, 0.3) is 0 Å². The van der Waals surface area contributed by atoms with E-state index in [1.807, 2.05) is 42.5 Å². The summed E-state index contributed by atoms with van der Waals surface area (Å²) < 4.78 is 4.95. The van der Waals surface area contributed by atoms with E-state index in [4.69, 9.17) is 4.52 Å². The molecule has 1 aromatic heterocycles. The Morgan fingerprint density at radius 3 is 2.39 bits per heavy atom. The van der Waals surface area contributed by atoms with Crippen molar-refractivity contribution in [3.05, 3.63) is 71.9 Å². The molecule has 5 nitrogen and oxygen atoms in total. The second kappa shape index (κ2) is 6.87. The SMILES string of the molecule is Cc1noc(CNC(=O)Cc2ccc(-c3ccccc3)cc2)n1. The smallest absolute Gasteiger partial charge is 0.246 e. The lowest BCUT2D eigenvalue weighted by Gasteiger charge is -2.05. The molecule has 3 aromatic rings. The second-order valence-corrected chi connectivity index (χ2v) is 5.25. The second-order valence-electron chi connectivity index (χ2n) is 5.25. The Hall–Kier alpha value is -2.95. The minimum atomic E-state index is -0.0756. The van der Waals surface area contributed by atoms with Crippen molar-refractivity contribution in [2.75, 3.05) is 0 Å². The van der Waals surface area contributed by atoms with Crippen molar-refractivity contribution in [1.29, 1.82) is 0 Å². The number of aromatic nitrogens is 2. The highest BCUT2D eigenvalue weighted by atomic mass is 16.5. The number of rotatable bonds is 5. The molecule has 0 saturated heterocycles. The van der Waals surface area contributed by atoms with E-state index in [-0.39, 0.29) is 12.5 Å². The number of aryl methyl sites for hydroxylation is 1. The zero-order chi connectivity index (χ0) is 16.1. The topological polar surface area (TPSA) is 68.0 Å². The van der Waals surface area contributed by atoms with Gasteiger partial charge < -0.3 is 9.84 Å². The Morgan fingerprint density at radius 2 is 1.74 bits per heavy atom. The number of nitrogens with one attached hydrogen (secondary N) is 1. The van der Waals surface area contributed by atoms with E-state index < -0.39 is 0 Å². The number of hydrogen-bond acceptors (Lipinski definition) is 4. The van der Waals surface area contributed by atoms with Crippen LogP contribution in [-0.2, 0) is 17.8 Å². The number of amides is 1. The van der Waals surface area contributed by atoms with Crippen LogP contribution in [0.25, 0.3) is 11.1 Å². The highest BCUT2D eigenvalue weighted by molar-refractivity contribution is 5.78. The largest absolute Gasteiger partial charge is 0.347 e. The molecule has 1 N–H and O–H groups in total. The highest BCUT2D eigenvalue weighted by Crippen LogP contribution is 2.19. The fourth-order valence-corrected chi connectivity index (χ4v) is 2.28. The first kappa shape index (κ1) is 15.0. The Kier molecular flexibility index (Phi) is 4.47. The van der Waals surface area contributed by atoms with Crippen molar-refractivity contribution in [2.24, 2.45) is 0 Å². The van der Waals surface area contributed by atoms with E-state index in [0.717, 1.165) is 16.7 Å². The highest BCUT2D eigenvalue weighted by Gasteiger charge is 2.07. The van der Waals surface area contributed by atoms with E-state index in [1.165, 1.54) is 0 Å². The van der Waals surface area contributed by atoms with Crippen molar-refractivity contribution in [1.82, 2.24) is 15.5 Å². The summed E-state index contributed by atoms with van der Waals surface area (Å²) in [7, 11) is 0. The maximum atomic E-state index is 11.9. The Balaban J connectivity index is 1.56. The van der Waals surface area contributed by atoms with Crippen LogP contribution in [-0.4, -0.2) is 16.0 Å². The van der Waals surface area contributed by atoms with Crippen molar-refractivity contribution >= 4 is 5.91 Å². The summed E-state index contributed by atoms with van der Waals surface area (Å²) in [6.07, 6.45) is 0.322. The predicted octanol–water partition coefficient (Wildman–Crippen LogP) is 2.90. The first-order valence-corrected chi connectivity index (χ1v) is 7.41. The summed E-state index contributed by atoms with van der Waals surface area (Å²) in [5.74, 6) is 0.898. The third-order valence-electron chi connectivity index (χ3n) is 3.43. The monoisotopic (exact) mass is 307 g/mol. The lowest BCUT2D eigenvalue weighted by atomic mass is 10.0. The van der Waals surface area contributed by atoms with Crippen molar-refractivity contribution < 1.29 is 9.32 Å². The molecular formula is C18H17N3O2. The van der Waals surface area contributed by atoms with Crippen LogP contribution in [0.1, 0.15) is 17.3 Å². The van der Waals surface area contributed by atoms with Gasteiger partial charge in [-0.3, -0.25) is 4.79 Å². The summed E-state index contributed by atoms with van der Waals surface area (Å²) in [5.41, 5.74) is 3.26. The van der Waals surface area contributed by atoms with E-state index in [9.17, 15) is 4.79 Å². The van der Waals surface area contributed by atoms with Crippen molar-refractivity contribution in [3.63, 3.8) is 0 Å². The molecule has 1 amide bonds. The van der Waals surface area contributed by atoms with Gasteiger partial charge in [0.05, 0.1) is 13.0 Å². The fraction of sp³-hybridized carbons (Fsp3) is 0.167. The molecule has 23 heavy (non-hydrogen) atoms. The molecule has 2 aromatic carbocycles. The quantitative estimate of drug-likeness (QED) is 0.787. The fourth-order valence-electron chi connectivity index (χ4n) is 2.28. The van der Waals surface area contributed by atoms with Gasteiger partial charge in [-0.15, -0.1) is 0 Å². The van der Waals surface area contributed by atoms with Crippen LogP contribution >= 0.6 is 0 Å². The predicted molar refractivity (Wildman–Crippen MR) is 86.5 cm³/mol. The van der Waals surface area contributed by atoms with Crippen molar-refractivity contribution in [2.45, 2.75) is 19.9 Å². The molecule has 1 heterocycles. The van der Waals surface area contributed by atoms with E-state index in [0.29, 0.717) is 18.1 Å². The molecule has 0 atom stereocenters. The van der Waals surface area contributed by atoms with Crippen molar-refractivity contribution in [3.8, 4) is 11.1 Å². The maximum absolute atomic E-state index is 11.9. The maximum Gasteiger partial charge on any atom is 0.246 e. The molecule has 0 aliphatic rings. The van der Waals surface area contributed by atoms with Crippen LogP contribution in [0.15, 0.2) is 59.1 Å². The van der Waals surface area contributed by atoms with Gasteiger partial charge in [0.2, 0.25) is 11.8 Å². The van der Waals surface area contributed by atoms with E-state index in [2.05, 4.69) is 27.6 Å². The Labute approximate surface area is 134 Å². The van der Waals surface area contributed by atoms with Gasteiger partial charge >= 0.3 is 0 Å². The summed E-state index contributed by atoms with van der Waals surface area (Å²) in [6, 6.07) is 18.1. The van der Waals surface area contributed by atoms with Gasteiger partial charge in [-0.2, -0.15) is 4.98 Å². The molecule has 3 rings (SSSR count). The summed E-state index contributed by atoms with van der Waals surface area (Å²) >= 11 is 0. The first-order chi connectivity index (χ1) is 11.2. The lowest BCUT2D eigenvalue weighted by Crippen LogP contribution is -2.24. The first-order valence-electron chi connectivity index (χ1n) is 7.41. The summed E-state index contributed by atoms with van der Waals surface area (Å²) in [6.45, 7) is 1.99. The number of benzene rings is 2. The molecule has 0 fully saturated rings. The van der Waals surface area contributed by atoms with Crippen LogP contribution < -0.4 is 5.32 Å². The zero-order valence-corrected chi connectivity index (χ0v) is 12.8. The molecule has 116 valence electrons. The Morgan fingerprint density at radius 1 is 1.04 bits per heavy atom. The van der Waals surface area contributed by atoms with Crippen LogP contribution in [0, 0.1) is 6.92 Å². The van der Waals surface area contributed by atoms with Crippen LogP contribution in [0.5, 0.6) is 0 Å². The van der Waals surface area contributed by atoms with E-state index >= 15 is 0 Å². The molecule has 0 aliphatic heterocycles. The molecular weight excluding hydrogens is 290 g/mol. The molecule has 0 saturated carbocycles. The van der Waals surface area contributed by atoms with Gasteiger partial charge in [0, 0.05) is 0 Å². The van der Waals surface area contributed by atoms with Crippen LogP contribution in [0.4, 0.5) is 0 Å². The van der Waals surface area contributed by atoms with Gasteiger partial charge in [0.15, 0.2) is 5.82 Å². The van der Waals surface area contributed by atoms with E-state index in [1.54, 1.807) is 6.92 Å². The number of hydrogen-bond donors (Lipinski definition) is 1. The third kappa shape index (κ3) is 4.03. The number of nitrogens with zero attached hydrogens (tertiary/aromatic N) is 2. The van der Waals surface area contributed by atoms with Gasteiger partial charge in [-0.05, 0) is 23.6 Å². The molecule has 5 heteroatoms. The summed E-state index contributed by atoms with van der Waals surface area (Å²) in [5, 5.41) is 6.45. The molecule has 0 bridgehead atoms. The van der Waals surface area contributed by atoms with Gasteiger partial charge in [0.1, 0.15) is 0 Å². The minimum Gasteiger partial charge on any atom is -0.347 e.